The van der Waals surface area contributed by atoms with Crippen molar-refractivity contribution in [2.24, 2.45) is 11.8 Å². The Morgan fingerprint density at radius 1 is 0.741 bits per heavy atom. The number of hydrogen-bond acceptors (Lipinski definition) is 9. The van der Waals surface area contributed by atoms with Crippen molar-refractivity contribution in [3.8, 4) is 0 Å². The Labute approximate surface area is 158 Å². The van der Waals surface area contributed by atoms with E-state index >= 15 is 0 Å². The maximum absolute atomic E-state index is 12.3. The Morgan fingerprint density at radius 2 is 1.11 bits per heavy atom. The molecule has 3 N–H and O–H groups in total. The molecule has 1 rings (SSSR count). The number of esters is 3. The maximum atomic E-state index is 12.3. The summed E-state index contributed by atoms with van der Waals surface area (Å²) in [6.45, 7) is 7.85. The lowest BCUT2D eigenvalue weighted by Gasteiger charge is -2.44. The van der Waals surface area contributed by atoms with Crippen LogP contribution < -0.4 is 0 Å². The molecule has 0 aromatic rings. The molecule has 0 bridgehead atoms. The molecule has 9 nitrogen and oxygen atoms in total. The molecule has 1 aliphatic rings. The van der Waals surface area contributed by atoms with Crippen molar-refractivity contribution in [1.29, 1.82) is 0 Å². The van der Waals surface area contributed by atoms with Gasteiger partial charge in [-0.1, -0.05) is 27.7 Å². The van der Waals surface area contributed by atoms with E-state index in [1.54, 1.807) is 27.7 Å². The summed E-state index contributed by atoms with van der Waals surface area (Å²) in [6, 6.07) is 0. The van der Waals surface area contributed by atoms with Crippen LogP contribution in [0.3, 0.4) is 0 Å². The van der Waals surface area contributed by atoms with Gasteiger partial charge in [0.25, 0.3) is 0 Å². The summed E-state index contributed by atoms with van der Waals surface area (Å²) in [6.07, 6.45) is -8.73. The third-order valence-corrected chi connectivity index (χ3v) is 4.86. The molecule has 1 fully saturated rings. The predicted molar refractivity (Wildman–Crippen MR) is 92.2 cm³/mol. The molecule has 156 valence electrons. The lowest BCUT2D eigenvalue weighted by Crippen LogP contribution is -2.66. The zero-order valence-corrected chi connectivity index (χ0v) is 16.3. The molecule has 27 heavy (non-hydrogen) atoms. The molecule has 0 radical (unpaired) electrons. The van der Waals surface area contributed by atoms with Crippen molar-refractivity contribution in [2.75, 3.05) is 0 Å². The van der Waals surface area contributed by atoms with E-state index < -0.39 is 66.4 Å². The summed E-state index contributed by atoms with van der Waals surface area (Å²) in [5, 5.41) is 30.6. The molecule has 0 heterocycles. The molecule has 0 unspecified atom stereocenters. The molecule has 1 aliphatic carbocycles. The molecule has 0 spiro atoms. The second-order valence-corrected chi connectivity index (χ2v) is 6.97. The summed E-state index contributed by atoms with van der Waals surface area (Å²) in [7, 11) is 0. The Hall–Kier alpha value is -1.71. The predicted octanol–water partition coefficient (Wildman–Crippen LogP) is -0.0698. The van der Waals surface area contributed by atoms with Crippen molar-refractivity contribution in [1.82, 2.24) is 0 Å². The van der Waals surface area contributed by atoms with E-state index in [0.29, 0.717) is 12.8 Å². The van der Waals surface area contributed by atoms with E-state index in [2.05, 4.69) is 0 Å². The average molecular weight is 390 g/mol. The normalized spacial score (nSPS) is 32.9. The molecular formula is C18H30O9. The summed E-state index contributed by atoms with van der Waals surface area (Å²) in [5.41, 5.74) is 0. The highest BCUT2D eigenvalue weighted by Crippen LogP contribution is 2.30. The highest BCUT2D eigenvalue weighted by Gasteiger charge is 2.55. The van der Waals surface area contributed by atoms with Crippen LogP contribution in [0.25, 0.3) is 0 Å². The van der Waals surface area contributed by atoms with Gasteiger partial charge in [0.05, 0.1) is 11.8 Å². The minimum Gasteiger partial charge on any atom is -0.456 e. The Morgan fingerprint density at radius 3 is 1.48 bits per heavy atom. The van der Waals surface area contributed by atoms with Crippen molar-refractivity contribution in [3.05, 3.63) is 0 Å². The molecule has 0 saturated heterocycles. The fourth-order valence-corrected chi connectivity index (χ4v) is 2.60. The first kappa shape index (κ1) is 23.3. The molecule has 0 aromatic carbocycles. The Bertz CT molecular complexity index is 535. The van der Waals surface area contributed by atoms with Crippen LogP contribution in [-0.2, 0) is 28.6 Å². The van der Waals surface area contributed by atoms with Crippen molar-refractivity contribution in [3.63, 3.8) is 0 Å². The van der Waals surface area contributed by atoms with Crippen LogP contribution in [0.4, 0.5) is 0 Å². The van der Waals surface area contributed by atoms with Gasteiger partial charge in [-0.2, -0.15) is 0 Å². The van der Waals surface area contributed by atoms with Crippen LogP contribution in [0.15, 0.2) is 0 Å². The van der Waals surface area contributed by atoms with Gasteiger partial charge in [-0.25, -0.2) is 0 Å². The first-order chi connectivity index (χ1) is 12.5. The van der Waals surface area contributed by atoms with Crippen LogP contribution >= 0.6 is 0 Å². The number of carbonyl (C=O) groups excluding carboxylic acids is 3. The number of ether oxygens (including phenoxy) is 3. The molecule has 1 saturated carbocycles. The third kappa shape index (κ3) is 5.63. The van der Waals surface area contributed by atoms with Crippen LogP contribution in [0.1, 0.15) is 47.5 Å². The lowest BCUT2D eigenvalue weighted by molar-refractivity contribution is -0.249. The zero-order chi connectivity index (χ0) is 20.9. The minimum atomic E-state index is -1.76. The summed E-state index contributed by atoms with van der Waals surface area (Å²) in [4.78, 5) is 35.9. The van der Waals surface area contributed by atoms with Gasteiger partial charge in [-0.15, -0.1) is 0 Å². The first-order valence-electron chi connectivity index (χ1n) is 9.17. The van der Waals surface area contributed by atoms with Gasteiger partial charge >= 0.3 is 17.9 Å². The van der Waals surface area contributed by atoms with Gasteiger partial charge in [-0.05, 0) is 12.8 Å². The fraction of sp³-hybridized carbons (Fsp3) is 0.833. The number of rotatable bonds is 7. The number of carbonyl (C=O) groups is 3. The number of aliphatic hydroxyl groups is 3. The standard InChI is InChI=1S/C18H30O9/c1-6-8(3)17(23)26-15-13(22)11(20)12(21)14(25-10(5)19)16(15)27-18(24)9(4)7-2/h8-9,11-16,20-22H,6-7H2,1-5H3/t8-,9-,11+,12+,13-,14+,15+,16-/m1/s1. The molecule has 0 aliphatic heterocycles. The SMILES string of the molecule is CC[C@@H](C)C(=O)O[C@H]1[C@@H](OC(=O)[C@H](C)CC)[C@H](O)[C@@H](O)[C@H](O)[C@@H]1OC(C)=O. The average Bonchev–Trinajstić information content (AvgIpc) is 2.64. The Balaban J connectivity index is 3.22. The molecule has 0 aromatic heterocycles. The summed E-state index contributed by atoms with van der Waals surface area (Å²) < 4.78 is 15.7. The van der Waals surface area contributed by atoms with Crippen molar-refractivity contribution < 1.29 is 43.9 Å². The van der Waals surface area contributed by atoms with Crippen molar-refractivity contribution in [2.45, 2.75) is 84.1 Å². The van der Waals surface area contributed by atoms with E-state index in [-0.39, 0.29) is 0 Å². The second-order valence-electron chi connectivity index (χ2n) is 6.97. The highest BCUT2D eigenvalue weighted by atomic mass is 16.6. The number of aliphatic hydroxyl groups excluding tert-OH is 3. The van der Waals surface area contributed by atoms with E-state index in [4.69, 9.17) is 14.2 Å². The van der Waals surface area contributed by atoms with Crippen LogP contribution in [-0.4, -0.2) is 69.9 Å². The van der Waals surface area contributed by atoms with Crippen LogP contribution in [0.5, 0.6) is 0 Å². The zero-order valence-electron chi connectivity index (χ0n) is 16.3. The van der Waals surface area contributed by atoms with Crippen LogP contribution in [0, 0.1) is 11.8 Å². The van der Waals surface area contributed by atoms with E-state index in [1.165, 1.54) is 0 Å². The third-order valence-electron chi connectivity index (χ3n) is 4.86. The smallest absolute Gasteiger partial charge is 0.309 e. The van der Waals surface area contributed by atoms with Crippen molar-refractivity contribution >= 4 is 17.9 Å². The van der Waals surface area contributed by atoms with Gasteiger partial charge in [0.2, 0.25) is 0 Å². The number of hydrogen-bond donors (Lipinski definition) is 3. The molecule has 9 heteroatoms. The van der Waals surface area contributed by atoms with E-state index in [9.17, 15) is 29.7 Å². The highest BCUT2D eigenvalue weighted by molar-refractivity contribution is 5.73. The van der Waals surface area contributed by atoms with Gasteiger partial charge in [-0.3, -0.25) is 14.4 Å². The summed E-state index contributed by atoms with van der Waals surface area (Å²) >= 11 is 0. The monoisotopic (exact) mass is 390 g/mol. The van der Waals surface area contributed by atoms with Gasteiger partial charge < -0.3 is 29.5 Å². The van der Waals surface area contributed by atoms with Gasteiger partial charge in [0.1, 0.15) is 18.3 Å². The molecule has 8 atom stereocenters. The van der Waals surface area contributed by atoms with E-state index in [1.807, 2.05) is 0 Å². The van der Waals surface area contributed by atoms with E-state index in [0.717, 1.165) is 6.92 Å². The maximum Gasteiger partial charge on any atom is 0.309 e. The topological polar surface area (TPSA) is 140 Å². The van der Waals surface area contributed by atoms with Gasteiger partial charge in [0, 0.05) is 6.92 Å². The fourth-order valence-electron chi connectivity index (χ4n) is 2.60. The molecular weight excluding hydrogens is 360 g/mol. The van der Waals surface area contributed by atoms with Gasteiger partial charge in [0.15, 0.2) is 18.3 Å². The first-order valence-corrected chi connectivity index (χ1v) is 9.17. The quantitative estimate of drug-likeness (QED) is 0.402. The van der Waals surface area contributed by atoms with Crippen LogP contribution in [0.2, 0.25) is 0 Å². The second kappa shape index (κ2) is 10.0. The molecule has 0 amide bonds. The Kier molecular flexibility index (Phi) is 8.64. The summed E-state index contributed by atoms with van der Waals surface area (Å²) in [5.74, 6) is -3.13. The minimum absolute atomic E-state index is 0.467. The largest absolute Gasteiger partial charge is 0.456 e. The lowest BCUT2D eigenvalue weighted by atomic mass is 9.84.